The number of hydrogen-bond donors (Lipinski definition) is 1. The largest absolute Gasteiger partial charge is 0.372 e. The van der Waals surface area contributed by atoms with E-state index in [1.165, 1.54) is 18.5 Å². The first-order valence-electron chi connectivity index (χ1n) is 10.5. The number of amides is 2. The summed E-state index contributed by atoms with van der Waals surface area (Å²) in [6, 6.07) is 13.0. The molecule has 3 heterocycles. The molecule has 0 atom stereocenters. The summed E-state index contributed by atoms with van der Waals surface area (Å²) in [7, 11) is 0. The first-order valence-corrected chi connectivity index (χ1v) is 10.5. The van der Waals surface area contributed by atoms with Crippen LogP contribution in [0.1, 0.15) is 53.6 Å². The predicted octanol–water partition coefficient (Wildman–Crippen LogP) is 3.81. The average Bonchev–Trinajstić information content (AvgIpc) is 3.29. The molecular formula is C23H28N4O2. The van der Waals surface area contributed by atoms with Gasteiger partial charge in [0.15, 0.2) is 0 Å². The molecule has 0 aliphatic carbocycles. The highest BCUT2D eigenvalue weighted by Crippen LogP contribution is 2.24. The molecule has 2 saturated heterocycles. The molecular weight excluding hydrogens is 364 g/mol. The topological polar surface area (TPSA) is 65.5 Å². The van der Waals surface area contributed by atoms with Crippen LogP contribution in [-0.4, -0.2) is 47.9 Å². The normalized spacial score (nSPS) is 17.4. The number of piperidine rings is 1. The summed E-state index contributed by atoms with van der Waals surface area (Å²) in [4.78, 5) is 33.6. The Morgan fingerprint density at radius 3 is 2.28 bits per heavy atom. The second kappa shape index (κ2) is 8.64. The molecule has 2 aromatic rings. The highest BCUT2D eigenvalue weighted by Gasteiger charge is 2.21. The number of nitrogens with one attached hydrogen (secondary N) is 1. The van der Waals surface area contributed by atoms with E-state index < -0.39 is 0 Å². The molecule has 2 fully saturated rings. The van der Waals surface area contributed by atoms with E-state index >= 15 is 0 Å². The third-order valence-electron chi connectivity index (χ3n) is 5.87. The molecule has 2 aliphatic heterocycles. The van der Waals surface area contributed by atoms with Crippen LogP contribution >= 0.6 is 0 Å². The van der Waals surface area contributed by atoms with E-state index in [4.69, 9.17) is 0 Å². The molecule has 1 aromatic carbocycles. The van der Waals surface area contributed by atoms with E-state index in [2.05, 4.69) is 22.1 Å². The van der Waals surface area contributed by atoms with Crippen LogP contribution in [-0.2, 0) is 0 Å². The molecule has 1 aromatic heterocycles. The van der Waals surface area contributed by atoms with Crippen molar-refractivity contribution < 1.29 is 9.59 Å². The van der Waals surface area contributed by atoms with Gasteiger partial charge in [-0.2, -0.15) is 0 Å². The van der Waals surface area contributed by atoms with Crippen molar-refractivity contribution >= 4 is 23.2 Å². The minimum absolute atomic E-state index is 0.0997. The Labute approximate surface area is 171 Å². The third kappa shape index (κ3) is 4.58. The van der Waals surface area contributed by atoms with E-state index in [9.17, 15) is 9.59 Å². The van der Waals surface area contributed by atoms with Gasteiger partial charge in [0.25, 0.3) is 11.8 Å². The van der Waals surface area contributed by atoms with Crippen molar-refractivity contribution in [3.63, 3.8) is 0 Å². The van der Waals surface area contributed by atoms with E-state index in [1.807, 2.05) is 24.3 Å². The van der Waals surface area contributed by atoms with Gasteiger partial charge in [0, 0.05) is 37.6 Å². The molecule has 6 heteroatoms. The fraction of sp³-hybridized carbons (Fsp3) is 0.435. The lowest BCUT2D eigenvalue weighted by molar-refractivity contribution is 0.0787. The van der Waals surface area contributed by atoms with Gasteiger partial charge in [-0.3, -0.25) is 9.59 Å². The second-order valence-electron chi connectivity index (χ2n) is 8.08. The third-order valence-corrected chi connectivity index (χ3v) is 5.87. The van der Waals surface area contributed by atoms with Crippen LogP contribution in [0.2, 0.25) is 0 Å². The van der Waals surface area contributed by atoms with Crippen molar-refractivity contribution in [1.82, 2.24) is 9.88 Å². The van der Waals surface area contributed by atoms with Crippen LogP contribution in [0.4, 0.5) is 11.4 Å². The van der Waals surface area contributed by atoms with E-state index in [0.29, 0.717) is 5.69 Å². The molecule has 0 unspecified atom stereocenters. The molecule has 4 rings (SSSR count). The number of anilines is 2. The first-order chi connectivity index (χ1) is 14.1. The molecule has 152 valence electrons. The van der Waals surface area contributed by atoms with Crippen molar-refractivity contribution in [2.45, 2.75) is 32.6 Å². The van der Waals surface area contributed by atoms with Crippen LogP contribution in [0.5, 0.6) is 0 Å². The number of carbonyl (C=O) groups is 2. The summed E-state index contributed by atoms with van der Waals surface area (Å²) >= 11 is 0. The van der Waals surface area contributed by atoms with Crippen molar-refractivity contribution in [2.75, 3.05) is 36.4 Å². The Balaban J connectivity index is 1.40. The quantitative estimate of drug-likeness (QED) is 0.859. The van der Waals surface area contributed by atoms with Crippen LogP contribution in [0.3, 0.4) is 0 Å². The lowest BCUT2D eigenvalue weighted by Crippen LogP contribution is -2.32. The minimum atomic E-state index is -0.305. The van der Waals surface area contributed by atoms with Gasteiger partial charge in [0.1, 0.15) is 11.4 Å². The summed E-state index contributed by atoms with van der Waals surface area (Å²) in [6.07, 6.45) is 4.49. The number of likely N-dealkylation sites (tertiary alicyclic amines) is 1. The maximum absolute atomic E-state index is 12.6. The highest BCUT2D eigenvalue weighted by molar-refractivity contribution is 6.04. The van der Waals surface area contributed by atoms with Crippen LogP contribution in [0, 0.1) is 5.92 Å². The van der Waals surface area contributed by atoms with Gasteiger partial charge in [-0.15, -0.1) is 0 Å². The van der Waals surface area contributed by atoms with Crippen LogP contribution in [0.15, 0.2) is 42.5 Å². The summed E-state index contributed by atoms with van der Waals surface area (Å²) in [5.74, 6) is 0.392. The Morgan fingerprint density at radius 2 is 1.59 bits per heavy atom. The standard InChI is InChI=1S/C23H28N4O2/c1-17-11-15-26(16-12-17)19-9-7-18(8-10-19)24-22(28)20-5-4-6-21(25-20)23(29)27-13-2-3-14-27/h4-10,17H,2-3,11-16H2,1H3,(H,24,28). The monoisotopic (exact) mass is 392 g/mol. The van der Waals surface area contributed by atoms with Gasteiger partial charge in [-0.1, -0.05) is 13.0 Å². The van der Waals surface area contributed by atoms with Crippen LogP contribution < -0.4 is 10.2 Å². The van der Waals surface area contributed by atoms with Gasteiger partial charge in [-0.25, -0.2) is 4.98 Å². The summed E-state index contributed by atoms with van der Waals surface area (Å²) < 4.78 is 0. The molecule has 2 amide bonds. The lowest BCUT2D eigenvalue weighted by atomic mass is 9.99. The summed E-state index contributed by atoms with van der Waals surface area (Å²) in [5, 5.41) is 2.89. The zero-order valence-corrected chi connectivity index (χ0v) is 16.9. The van der Waals surface area contributed by atoms with E-state index in [-0.39, 0.29) is 17.5 Å². The summed E-state index contributed by atoms with van der Waals surface area (Å²) in [6.45, 7) is 5.99. The molecule has 0 spiro atoms. The second-order valence-corrected chi connectivity index (χ2v) is 8.08. The highest BCUT2D eigenvalue weighted by atomic mass is 16.2. The zero-order valence-electron chi connectivity index (χ0n) is 16.9. The Morgan fingerprint density at radius 1 is 0.931 bits per heavy atom. The number of aromatic nitrogens is 1. The van der Waals surface area contributed by atoms with Gasteiger partial charge in [-0.05, 0) is 68.0 Å². The maximum Gasteiger partial charge on any atom is 0.274 e. The van der Waals surface area contributed by atoms with Gasteiger partial charge < -0.3 is 15.1 Å². The molecule has 0 saturated carbocycles. The Hall–Kier alpha value is -2.89. The first kappa shape index (κ1) is 19.4. The summed E-state index contributed by atoms with van der Waals surface area (Å²) in [5.41, 5.74) is 2.49. The molecule has 2 aliphatic rings. The predicted molar refractivity (Wildman–Crippen MR) is 114 cm³/mol. The molecule has 29 heavy (non-hydrogen) atoms. The van der Waals surface area contributed by atoms with E-state index in [1.54, 1.807) is 23.1 Å². The fourth-order valence-electron chi connectivity index (χ4n) is 3.98. The smallest absolute Gasteiger partial charge is 0.274 e. The number of benzene rings is 1. The average molecular weight is 393 g/mol. The fourth-order valence-corrected chi connectivity index (χ4v) is 3.98. The minimum Gasteiger partial charge on any atom is -0.372 e. The van der Waals surface area contributed by atoms with Gasteiger partial charge >= 0.3 is 0 Å². The van der Waals surface area contributed by atoms with E-state index in [0.717, 1.165) is 50.6 Å². The number of rotatable bonds is 4. The number of hydrogen-bond acceptors (Lipinski definition) is 4. The zero-order chi connectivity index (χ0) is 20.2. The van der Waals surface area contributed by atoms with Crippen molar-refractivity contribution in [3.05, 3.63) is 53.9 Å². The Bertz CT molecular complexity index is 867. The van der Waals surface area contributed by atoms with Crippen LogP contribution in [0.25, 0.3) is 0 Å². The number of carbonyl (C=O) groups excluding carboxylic acids is 2. The van der Waals surface area contributed by atoms with Crippen molar-refractivity contribution in [3.8, 4) is 0 Å². The maximum atomic E-state index is 12.6. The lowest BCUT2D eigenvalue weighted by Gasteiger charge is -2.32. The van der Waals surface area contributed by atoms with Crippen molar-refractivity contribution in [1.29, 1.82) is 0 Å². The molecule has 6 nitrogen and oxygen atoms in total. The van der Waals surface area contributed by atoms with Gasteiger partial charge in [0.05, 0.1) is 0 Å². The van der Waals surface area contributed by atoms with Gasteiger partial charge in [0.2, 0.25) is 0 Å². The molecule has 0 bridgehead atoms. The Kier molecular flexibility index (Phi) is 5.79. The SMILES string of the molecule is CC1CCN(c2ccc(NC(=O)c3cccc(C(=O)N4CCCC4)n3)cc2)CC1. The number of pyridine rings is 1. The molecule has 1 N–H and O–H groups in total. The van der Waals surface area contributed by atoms with Crippen molar-refractivity contribution in [2.24, 2.45) is 5.92 Å². The molecule has 0 radical (unpaired) electrons. The number of nitrogens with zero attached hydrogens (tertiary/aromatic N) is 3.